The van der Waals surface area contributed by atoms with Gasteiger partial charge in [0.15, 0.2) is 0 Å². The van der Waals surface area contributed by atoms with Gasteiger partial charge in [-0.05, 0) is 39.0 Å². The first kappa shape index (κ1) is 27.1. The van der Waals surface area contributed by atoms with Gasteiger partial charge in [-0.15, -0.1) is 18.3 Å². The van der Waals surface area contributed by atoms with E-state index in [1.807, 2.05) is 20.8 Å². The first-order valence-corrected chi connectivity index (χ1v) is 13.7. The number of unbranched alkanes of at least 4 members (excludes halogenated alkanes) is 1. The molecular formula is C26H42N2O5S. The summed E-state index contributed by atoms with van der Waals surface area (Å²) in [6, 6.07) is -1.18. The maximum Gasteiger partial charge on any atom is 0.311 e. The Morgan fingerprint density at radius 2 is 2.06 bits per heavy atom. The molecule has 0 aromatic heterocycles. The molecule has 192 valence electrons. The maximum atomic E-state index is 14.2. The monoisotopic (exact) mass is 494 g/mol. The van der Waals surface area contributed by atoms with Gasteiger partial charge in [0.05, 0.1) is 35.8 Å². The van der Waals surface area contributed by atoms with E-state index in [2.05, 4.69) is 13.5 Å². The SMILES string of the molecule is C=CCN(CCCC)C(=O)C1N([C@@H](CO)[C@@H](C)CC)C(=O)[C@@H]2[C@@H](C(=O)OCC)[C@@]3(C)CCC12S3. The molecule has 2 amide bonds. The fourth-order valence-electron chi connectivity index (χ4n) is 6.37. The summed E-state index contributed by atoms with van der Waals surface area (Å²) in [5, 5.41) is 10.4. The van der Waals surface area contributed by atoms with E-state index in [1.54, 1.807) is 34.6 Å². The van der Waals surface area contributed by atoms with Gasteiger partial charge in [-0.1, -0.05) is 39.7 Å². The Morgan fingerprint density at radius 3 is 2.62 bits per heavy atom. The molecular weight excluding hydrogens is 452 g/mol. The van der Waals surface area contributed by atoms with Gasteiger partial charge in [-0.2, -0.15) is 0 Å². The molecule has 3 rings (SSSR count). The van der Waals surface area contributed by atoms with Gasteiger partial charge in [-0.25, -0.2) is 0 Å². The van der Waals surface area contributed by atoms with Gasteiger partial charge in [0.25, 0.3) is 0 Å². The van der Waals surface area contributed by atoms with Crippen molar-refractivity contribution < 1.29 is 24.2 Å². The van der Waals surface area contributed by atoms with Crippen LogP contribution in [-0.4, -0.2) is 80.6 Å². The third-order valence-corrected chi connectivity index (χ3v) is 10.3. The van der Waals surface area contributed by atoms with Gasteiger partial charge in [-0.3, -0.25) is 14.4 Å². The summed E-state index contributed by atoms with van der Waals surface area (Å²) in [7, 11) is 0. The van der Waals surface area contributed by atoms with Gasteiger partial charge in [0.2, 0.25) is 11.8 Å². The highest BCUT2D eigenvalue weighted by atomic mass is 32.2. The number of hydrogen-bond acceptors (Lipinski definition) is 6. The van der Waals surface area contributed by atoms with Crippen molar-refractivity contribution in [3.63, 3.8) is 0 Å². The Balaban J connectivity index is 2.13. The van der Waals surface area contributed by atoms with Crippen molar-refractivity contribution in [1.29, 1.82) is 0 Å². The number of carbonyl (C=O) groups is 3. The number of rotatable bonds is 12. The summed E-state index contributed by atoms with van der Waals surface area (Å²) < 4.78 is 4.32. The fraction of sp³-hybridized carbons (Fsp3) is 0.808. The molecule has 3 saturated heterocycles. The molecule has 1 N–H and O–H groups in total. The topological polar surface area (TPSA) is 87.2 Å². The van der Waals surface area contributed by atoms with Crippen LogP contribution < -0.4 is 0 Å². The zero-order chi connectivity index (χ0) is 25.3. The number of amides is 2. The minimum atomic E-state index is -0.709. The van der Waals surface area contributed by atoms with Crippen LogP contribution in [0.15, 0.2) is 12.7 Å². The first-order valence-electron chi connectivity index (χ1n) is 12.9. The molecule has 3 aliphatic heterocycles. The molecule has 7 atom stereocenters. The molecule has 0 aliphatic carbocycles. The maximum absolute atomic E-state index is 14.2. The first-order chi connectivity index (χ1) is 16.2. The molecule has 0 aromatic carbocycles. The number of nitrogens with zero attached hydrogens (tertiary/aromatic N) is 2. The largest absolute Gasteiger partial charge is 0.466 e. The van der Waals surface area contributed by atoms with Crippen LogP contribution in [0.4, 0.5) is 0 Å². The van der Waals surface area contributed by atoms with E-state index in [1.165, 1.54) is 0 Å². The quantitative estimate of drug-likeness (QED) is 0.331. The van der Waals surface area contributed by atoms with Crippen LogP contribution in [0.3, 0.4) is 0 Å². The van der Waals surface area contributed by atoms with Crippen LogP contribution in [0.2, 0.25) is 0 Å². The third kappa shape index (κ3) is 4.19. The van der Waals surface area contributed by atoms with E-state index in [-0.39, 0.29) is 36.9 Å². The Hall–Kier alpha value is -1.54. The number of aliphatic hydroxyl groups is 1. The lowest BCUT2D eigenvalue weighted by Crippen LogP contribution is -2.58. The molecule has 7 nitrogen and oxygen atoms in total. The molecule has 3 aliphatic rings. The zero-order valence-corrected chi connectivity index (χ0v) is 22.2. The number of aliphatic hydroxyl groups excluding tert-OH is 1. The normalized spacial score (nSPS) is 33.5. The van der Waals surface area contributed by atoms with Crippen LogP contribution in [0.25, 0.3) is 0 Å². The van der Waals surface area contributed by atoms with E-state index in [0.29, 0.717) is 19.5 Å². The number of likely N-dealkylation sites (tertiary alicyclic amines) is 1. The van der Waals surface area contributed by atoms with Crippen molar-refractivity contribution in [2.24, 2.45) is 17.8 Å². The second-order valence-corrected chi connectivity index (χ2v) is 12.2. The molecule has 3 heterocycles. The second-order valence-electron chi connectivity index (χ2n) is 10.3. The highest BCUT2D eigenvalue weighted by Crippen LogP contribution is 2.72. The number of carbonyl (C=O) groups excluding carboxylic acids is 3. The highest BCUT2D eigenvalue weighted by Gasteiger charge is 2.78. The second kappa shape index (κ2) is 10.6. The molecule has 2 bridgehead atoms. The molecule has 34 heavy (non-hydrogen) atoms. The van der Waals surface area contributed by atoms with E-state index >= 15 is 0 Å². The summed E-state index contributed by atoms with van der Waals surface area (Å²) >= 11 is 1.65. The number of fused-ring (bicyclic) bond motifs is 1. The lowest BCUT2D eigenvalue weighted by molar-refractivity contribution is -0.156. The van der Waals surface area contributed by atoms with Crippen molar-refractivity contribution >= 4 is 29.5 Å². The molecule has 0 radical (unpaired) electrons. The Morgan fingerprint density at radius 1 is 1.35 bits per heavy atom. The molecule has 8 heteroatoms. The van der Waals surface area contributed by atoms with Crippen molar-refractivity contribution in [3.8, 4) is 0 Å². The average molecular weight is 495 g/mol. The van der Waals surface area contributed by atoms with Crippen molar-refractivity contribution in [2.45, 2.75) is 88.3 Å². The van der Waals surface area contributed by atoms with Crippen molar-refractivity contribution in [2.75, 3.05) is 26.3 Å². The van der Waals surface area contributed by atoms with Gasteiger partial charge < -0.3 is 19.6 Å². The summed E-state index contributed by atoms with van der Waals surface area (Å²) in [5.41, 5.74) is 0. The summed E-state index contributed by atoms with van der Waals surface area (Å²) in [4.78, 5) is 45.0. The van der Waals surface area contributed by atoms with Gasteiger partial charge >= 0.3 is 5.97 Å². The molecule has 1 spiro atoms. The van der Waals surface area contributed by atoms with E-state index in [9.17, 15) is 19.5 Å². The Bertz CT molecular complexity index is 806. The fourth-order valence-corrected chi connectivity index (χ4v) is 8.70. The van der Waals surface area contributed by atoms with Crippen LogP contribution >= 0.6 is 11.8 Å². The van der Waals surface area contributed by atoms with Crippen LogP contribution in [0.1, 0.15) is 66.7 Å². The smallest absolute Gasteiger partial charge is 0.311 e. The molecule has 3 fully saturated rings. The van der Waals surface area contributed by atoms with Crippen molar-refractivity contribution in [3.05, 3.63) is 12.7 Å². The predicted molar refractivity (Wildman–Crippen MR) is 134 cm³/mol. The Kier molecular flexibility index (Phi) is 8.44. The summed E-state index contributed by atoms with van der Waals surface area (Å²) in [6.07, 6.45) is 5.76. The minimum absolute atomic E-state index is 0.0156. The predicted octanol–water partition coefficient (Wildman–Crippen LogP) is 3.25. The standard InChI is InChI=1S/C26H42N2O5S/c1-7-11-15-27(14-8-2)23(31)21-26-13-12-25(6,34-26)20(24(32)33-10-4)19(26)22(30)28(21)18(16-29)17(5)9-3/h8,17-21,29H,2,7,9-16H2,1,3-6H3/t17-,18-,19-,20-,21?,25+,26?/m0/s1. The van der Waals surface area contributed by atoms with Crippen LogP contribution in [0, 0.1) is 17.8 Å². The lowest BCUT2D eigenvalue weighted by atomic mass is 9.66. The number of hydrogen-bond donors (Lipinski definition) is 1. The summed E-state index contributed by atoms with van der Waals surface area (Å²) in [5.74, 6) is -1.80. The highest BCUT2D eigenvalue weighted by molar-refractivity contribution is 8.02. The number of thioether (sulfide) groups is 1. The zero-order valence-electron chi connectivity index (χ0n) is 21.4. The van der Waals surface area contributed by atoms with Crippen molar-refractivity contribution in [1.82, 2.24) is 9.80 Å². The minimum Gasteiger partial charge on any atom is -0.466 e. The molecule has 2 unspecified atom stereocenters. The van der Waals surface area contributed by atoms with Gasteiger partial charge in [0, 0.05) is 17.8 Å². The number of ether oxygens (including phenoxy) is 1. The lowest BCUT2D eigenvalue weighted by Gasteiger charge is -2.41. The van der Waals surface area contributed by atoms with Gasteiger partial charge in [0.1, 0.15) is 6.04 Å². The summed E-state index contributed by atoms with van der Waals surface area (Å²) in [6.45, 7) is 14.8. The van der Waals surface area contributed by atoms with Crippen LogP contribution in [0.5, 0.6) is 0 Å². The van der Waals surface area contributed by atoms with E-state index in [0.717, 1.165) is 25.7 Å². The average Bonchev–Trinajstić information content (AvgIpc) is 3.38. The number of esters is 1. The Labute approximate surface area is 208 Å². The third-order valence-electron chi connectivity index (χ3n) is 8.28. The van der Waals surface area contributed by atoms with Crippen LogP contribution in [-0.2, 0) is 19.1 Å². The molecule has 0 saturated carbocycles. The van der Waals surface area contributed by atoms with E-state index in [4.69, 9.17) is 4.74 Å². The van der Waals surface area contributed by atoms with E-state index < -0.39 is 33.4 Å². The molecule has 0 aromatic rings.